The van der Waals surface area contributed by atoms with Crippen molar-refractivity contribution in [1.29, 1.82) is 0 Å². The molecule has 1 amide bonds. The van der Waals surface area contributed by atoms with Gasteiger partial charge in [0.2, 0.25) is 5.91 Å². The zero-order chi connectivity index (χ0) is 14.8. The molecule has 0 radical (unpaired) electrons. The summed E-state index contributed by atoms with van der Waals surface area (Å²) in [4.78, 5) is 19.2. The molecule has 5 nitrogen and oxygen atoms in total. The molecule has 0 unspecified atom stereocenters. The van der Waals surface area contributed by atoms with Crippen molar-refractivity contribution >= 4 is 11.6 Å². The van der Waals surface area contributed by atoms with E-state index in [4.69, 9.17) is 9.57 Å². The molecule has 112 valence electrons. The van der Waals surface area contributed by atoms with Crippen molar-refractivity contribution in [3.05, 3.63) is 29.8 Å². The molecule has 1 fully saturated rings. The first kappa shape index (κ1) is 13.9. The summed E-state index contributed by atoms with van der Waals surface area (Å²) in [6.45, 7) is 0.596. The van der Waals surface area contributed by atoms with Gasteiger partial charge in [-0.25, -0.2) is 0 Å². The lowest BCUT2D eigenvalue weighted by Gasteiger charge is -2.19. The Hall–Kier alpha value is -2.04. The number of oxime groups is 1. The molecule has 1 aliphatic carbocycles. The molecule has 1 saturated carbocycles. The number of benzene rings is 1. The highest BCUT2D eigenvalue weighted by molar-refractivity contribution is 6.01. The first-order valence-electron chi connectivity index (χ1n) is 7.29. The largest absolute Gasteiger partial charge is 0.497 e. The summed E-state index contributed by atoms with van der Waals surface area (Å²) in [6.07, 6.45) is 2.74. The number of carbonyl (C=O) groups is 1. The molecular weight excluding hydrogens is 268 g/mol. The Bertz CT molecular complexity index is 549. The van der Waals surface area contributed by atoms with Gasteiger partial charge >= 0.3 is 0 Å². The lowest BCUT2D eigenvalue weighted by atomic mass is 10.0. The van der Waals surface area contributed by atoms with Crippen LogP contribution in [-0.2, 0) is 9.63 Å². The molecule has 1 aromatic rings. The maximum absolute atomic E-state index is 11.9. The van der Waals surface area contributed by atoms with Crippen LogP contribution in [0.3, 0.4) is 0 Å². The molecular formula is C16H20N2O3. The standard InChI is InChI=1S/C16H20N2O3/c1-18(16(19)12-3-4-12)10-14-9-15(17-21-14)11-5-7-13(20-2)8-6-11/h5-8,12,14H,3-4,9-10H2,1-2H3/t14-/m1/s1. The lowest BCUT2D eigenvalue weighted by Crippen LogP contribution is -2.35. The molecule has 0 N–H and O–H groups in total. The summed E-state index contributed by atoms with van der Waals surface area (Å²) in [6, 6.07) is 7.77. The van der Waals surface area contributed by atoms with Gasteiger partial charge in [0.15, 0.2) is 6.10 Å². The Morgan fingerprint density at radius 3 is 2.71 bits per heavy atom. The summed E-state index contributed by atoms with van der Waals surface area (Å²) in [5, 5.41) is 4.15. The topological polar surface area (TPSA) is 51.1 Å². The third-order valence-electron chi connectivity index (χ3n) is 3.94. The van der Waals surface area contributed by atoms with E-state index in [1.807, 2.05) is 31.3 Å². The molecule has 5 heteroatoms. The predicted octanol–water partition coefficient (Wildman–Crippen LogP) is 2.06. The second kappa shape index (κ2) is 5.76. The van der Waals surface area contributed by atoms with Gasteiger partial charge in [0, 0.05) is 19.4 Å². The quantitative estimate of drug-likeness (QED) is 0.833. The molecule has 1 aromatic carbocycles. The lowest BCUT2D eigenvalue weighted by molar-refractivity contribution is -0.132. The van der Waals surface area contributed by atoms with Crippen LogP contribution in [-0.4, -0.2) is 43.3 Å². The van der Waals surface area contributed by atoms with E-state index in [1.54, 1.807) is 12.0 Å². The molecule has 1 aliphatic heterocycles. The normalized spacial score (nSPS) is 20.7. The van der Waals surface area contributed by atoms with Gasteiger partial charge < -0.3 is 14.5 Å². The summed E-state index contributed by atoms with van der Waals surface area (Å²) in [7, 11) is 3.49. The molecule has 0 spiro atoms. The second-order valence-electron chi connectivity index (χ2n) is 5.69. The molecule has 3 rings (SSSR count). The van der Waals surface area contributed by atoms with Crippen LogP contribution in [0.25, 0.3) is 0 Å². The molecule has 0 saturated heterocycles. The minimum absolute atomic E-state index is 0.0465. The average molecular weight is 288 g/mol. The van der Waals surface area contributed by atoms with Crippen molar-refractivity contribution in [2.24, 2.45) is 11.1 Å². The highest BCUT2D eigenvalue weighted by Crippen LogP contribution is 2.31. The molecule has 1 atom stereocenters. The van der Waals surface area contributed by atoms with Crippen molar-refractivity contribution in [3.63, 3.8) is 0 Å². The molecule has 0 aromatic heterocycles. The SMILES string of the molecule is COc1ccc(C2=NO[C@@H](CN(C)C(=O)C3CC3)C2)cc1. The van der Waals surface area contributed by atoms with Crippen LogP contribution in [0.5, 0.6) is 5.75 Å². The van der Waals surface area contributed by atoms with Crippen LogP contribution in [0, 0.1) is 5.92 Å². The summed E-state index contributed by atoms with van der Waals surface area (Å²) < 4.78 is 5.14. The van der Waals surface area contributed by atoms with Crippen LogP contribution in [0.1, 0.15) is 24.8 Å². The maximum Gasteiger partial charge on any atom is 0.225 e. The number of hydrogen-bond donors (Lipinski definition) is 0. The van der Waals surface area contributed by atoms with Gasteiger partial charge in [-0.05, 0) is 42.7 Å². The smallest absolute Gasteiger partial charge is 0.225 e. The summed E-state index contributed by atoms with van der Waals surface area (Å²) in [5.41, 5.74) is 1.96. The molecule has 1 heterocycles. The second-order valence-corrected chi connectivity index (χ2v) is 5.69. The number of carbonyl (C=O) groups excluding carboxylic acids is 1. The minimum atomic E-state index is -0.0465. The van der Waals surface area contributed by atoms with Gasteiger partial charge in [-0.2, -0.15) is 0 Å². The van der Waals surface area contributed by atoms with Gasteiger partial charge in [-0.15, -0.1) is 0 Å². The van der Waals surface area contributed by atoms with Crippen LogP contribution < -0.4 is 4.74 Å². The van der Waals surface area contributed by atoms with Gasteiger partial charge in [0.05, 0.1) is 19.4 Å². The van der Waals surface area contributed by atoms with E-state index in [0.717, 1.165) is 36.3 Å². The monoisotopic (exact) mass is 288 g/mol. The van der Waals surface area contributed by atoms with E-state index in [0.29, 0.717) is 6.54 Å². The van der Waals surface area contributed by atoms with Gasteiger partial charge in [-0.1, -0.05) is 5.16 Å². The van der Waals surface area contributed by atoms with E-state index in [9.17, 15) is 4.79 Å². The number of amides is 1. The first-order chi connectivity index (χ1) is 10.2. The van der Waals surface area contributed by atoms with Crippen LogP contribution in [0.15, 0.2) is 29.4 Å². The average Bonchev–Trinajstić information content (AvgIpc) is 3.26. The Morgan fingerprint density at radius 2 is 2.10 bits per heavy atom. The van der Waals surface area contributed by atoms with Gasteiger partial charge in [-0.3, -0.25) is 4.79 Å². The third-order valence-corrected chi connectivity index (χ3v) is 3.94. The highest BCUT2D eigenvalue weighted by atomic mass is 16.6. The van der Waals surface area contributed by atoms with Crippen LogP contribution >= 0.6 is 0 Å². The Kier molecular flexibility index (Phi) is 3.82. The van der Waals surface area contributed by atoms with Gasteiger partial charge in [0.25, 0.3) is 0 Å². The zero-order valence-electron chi connectivity index (χ0n) is 12.4. The Labute approximate surface area is 124 Å². The third kappa shape index (κ3) is 3.17. The fourth-order valence-corrected chi connectivity index (χ4v) is 2.52. The number of hydrogen-bond acceptors (Lipinski definition) is 4. The highest BCUT2D eigenvalue weighted by Gasteiger charge is 2.34. The number of ether oxygens (including phenoxy) is 1. The minimum Gasteiger partial charge on any atom is -0.497 e. The predicted molar refractivity (Wildman–Crippen MR) is 79.4 cm³/mol. The van der Waals surface area contributed by atoms with Crippen molar-refractivity contribution in [2.45, 2.75) is 25.4 Å². The fourth-order valence-electron chi connectivity index (χ4n) is 2.52. The van der Waals surface area contributed by atoms with Crippen molar-refractivity contribution in [3.8, 4) is 5.75 Å². The summed E-state index contributed by atoms with van der Waals surface area (Å²) in [5.74, 6) is 1.31. The van der Waals surface area contributed by atoms with E-state index >= 15 is 0 Å². The van der Waals surface area contributed by atoms with Crippen molar-refractivity contribution in [2.75, 3.05) is 20.7 Å². The molecule has 2 aliphatic rings. The van der Waals surface area contributed by atoms with Crippen molar-refractivity contribution < 1.29 is 14.4 Å². The first-order valence-corrected chi connectivity index (χ1v) is 7.29. The van der Waals surface area contributed by atoms with E-state index in [2.05, 4.69) is 5.16 Å². The number of rotatable bonds is 5. The number of methoxy groups -OCH3 is 1. The van der Waals surface area contributed by atoms with Crippen LogP contribution in [0.2, 0.25) is 0 Å². The van der Waals surface area contributed by atoms with Crippen molar-refractivity contribution in [1.82, 2.24) is 4.90 Å². The van der Waals surface area contributed by atoms with E-state index in [-0.39, 0.29) is 17.9 Å². The Balaban J connectivity index is 1.55. The number of nitrogens with zero attached hydrogens (tertiary/aromatic N) is 2. The fraction of sp³-hybridized carbons (Fsp3) is 0.500. The maximum atomic E-state index is 11.9. The number of likely N-dealkylation sites (N-methyl/N-ethyl adjacent to an activating group) is 1. The van der Waals surface area contributed by atoms with Crippen LogP contribution in [0.4, 0.5) is 0 Å². The zero-order valence-corrected chi connectivity index (χ0v) is 12.4. The van der Waals surface area contributed by atoms with E-state index < -0.39 is 0 Å². The summed E-state index contributed by atoms with van der Waals surface area (Å²) >= 11 is 0. The Morgan fingerprint density at radius 1 is 1.38 bits per heavy atom. The molecule has 21 heavy (non-hydrogen) atoms. The van der Waals surface area contributed by atoms with E-state index in [1.165, 1.54) is 0 Å². The molecule has 0 bridgehead atoms. The van der Waals surface area contributed by atoms with Gasteiger partial charge in [0.1, 0.15) is 5.75 Å².